The van der Waals surface area contributed by atoms with Gasteiger partial charge in [-0.1, -0.05) is 40.7 Å². The van der Waals surface area contributed by atoms with Crippen LogP contribution >= 0.6 is 0 Å². The number of carbonyl (C=O) groups excluding carboxylic acids is 3. The number of methoxy groups -OCH3 is 2. The topological polar surface area (TPSA) is 113 Å². The van der Waals surface area contributed by atoms with Gasteiger partial charge in [0.1, 0.15) is 5.75 Å². The predicted molar refractivity (Wildman–Crippen MR) is 130 cm³/mol. The van der Waals surface area contributed by atoms with Crippen LogP contribution in [0.15, 0.2) is 18.2 Å². The molecule has 9 nitrogen and oxygen atoms in total. The summed E-state index contributed by atoms with van der Waals surface area (Å²) in [5.74, 6) is -1.93. The zero-order valence-electron chi connectivity index (χ0n) is 21.8. The lowest BCUT2D eigenvalue weighted by atomic mass is 9.83. The van der Waals surface area contributed by atoms with E-state index in [4.69, 9.17) is 4.74 Å². The van der Waals surface area contributed by atoms with Gasteiger partial charge in [0.05, 0.1) is 27.2 Å². The molecule has 35 heavy (non-hydrogen) atoms. The molecule has 9 heteroatoms. The van der Waals surface area contributed by atoms with Crippen molar-refractivity contribution >= 4 is 23.8 Å². The summed E-state index contributed by atoms with van der Waals surface area (Å²) in [5.41, 5.74) is -0.537. The molecule has 0 saturated carbocycles. The fourth-order valence-electron chi connectivity index (χ4n) is 4.61. The van der Waals surface area contributed by atoms with Gasteiger partial charge in [-0.25, -0.2) is 4.79 Å². The van der Waals surface area contributed by atoms with Crippen LogP contribution in [0.25, 0.3) is 0 Å². The second kappa shape index (κ2) is 11.1. The fourth-order valence-corrected chi connectivity index (χ4v) is 4.61. The number of piperazine rings is 1. The highest BCUT2D eigenvalue weighted by Gasteiger charge is 2.51. The van der Waals surface area contributed by atoms with E-state index in [1.54, 1.807) is 12.1 Å². The first-order valence-corrected chi connectivity index (χ1v) is 11.8. The Kier molecular flexibility index (Phi) is 8.92. The number of carboxylic acids is 1. The number of nitrogens with zero attached hydrogens (tertiary/aromatic N) is 2. The van der Waals surface area contributed by atoms with E-state index in [0.717, 1.165) is 5.56 Å². The predicted octanol–water partition coefficient (Wildman–Crippen LogP) is 3.10. The molecular weight excluding hydrogens is 452 g/mol. The molecule has 1 aromatic carbocycles. The number of rotatable bonds is 8. The van der Waals surface area contributed by atoms with E-state index in [1.165, 1.54) is 24.0 Å². The highest BCUT2D eigenvalue weighted by Crippen LogP contribution is 2.35. The SMILES string of the molecule is COC(=O)CCC(=O)N1CCN(C(=O)c2ccc(C(C)(C)C)c(OC)c2)C(CC(C)C)(C(=O)O)C1. The third-order valence-electron chi connectivity index (χ3n) is 6.33. The summed E-state index contributed by atoms with van der Waals surface area (Å²) in [5, 5.41) is 10.4. The summed E-state index contributed by atoms with van der Waals surface area (Å²) in [4.78, 5) is 53.5. The maximum absolute atomic E-state index is 13.7. The number of benzene rings is 1. The van der Waals surface area contributed by atoms with Crippen LogP contribution in [0.2, 0.25) is 0 Å². The highest BCUT2D eigenvalue weighted by molar-refractivity contribution is 5.99. The molecule has 2 rings (SSSR count). The molecule has 0 spiro atoms. The number of aliphatic carboxylic acids is 1. The molecule has 1 heterocycles. The molecule has 0 aromatic heterocycles. The minimum absolute atomic E-state index is 0.0516. The lowest BCUT2D eigenvalue weighted by Gasteiger charge is -2.49. The number of carboxylic acid groups (broad SMARTS) is 1. The second-order valence-electron chi connectivity index (χ2n) is 10.4. The molecule has 1 atom stereocenters. The van der Waals surface area contributed by atoms with Gasteiger partial charge in [-0.2, -0.15) is 0 Å². The van der Waals surface area contributed by atoms with Gasteiger partial charge in [-0.3, -0.25) is 14.4 Å². The van der Waals surface area contributed by atoms with Crippen molar-refractivity contribution in [2.24, 2.45) is 5.92 Å². The van der Waals surface area contributed by atoms with E-state index in [2.05, 4.69) is 4.74 Å². The normalized spacial score (nSPS) is 18.4. The van der Waals surface area contributed by atoms with Gasteiger partial charge in [0.15, 0.2) is 5.54 Å². The Hall–Kier alpha value is -3.10. The number of amides is 2. The number of ether oxygens (including phenoxy) is 2. The highest BCUT2D eigenvalue weighted by atomic mass is 16.5. The van der Waals surface area contributed by atoms with Crippen LogP contribution in [0.5, 0.6) is 5.75 Å². The molecule has 1 N–H and O–H groups in total. The molecule has 1 fully saturated rings. The quantitative estimate of drug-likeness (QED) is 0.557. The van der Waals surface area contributed by atoms with Crippen molar-refractivity contribution in [3.8, 4) is 5.75 Å². The van der Waals surface area contributed by atoms with Crippen LogP contribution in [0.4, 0.5) is 0 Å². The maximum Gasteiger partial charge on any atom is 0.331 e. The molecule has 0 bridgehead atoms. The van der Waals surface area contributed by atoms with Gasteiger partial charge in [0, 0.05) is 25.1 Å². The van der Waals surface area contributed by atoms with Crippen LogP contribution in [0.1, 0.15) is 69.8 Å². The second-order valence-corrected chi connectivity index (χ2v) is 10.4. The summed E-state index contributed by atoms with van der Waals surface area (Å²) in [6, 6.07) is 5.18. The Balaban J connectivity index is 2.43. The van der Waals surface area contributed by atoms with Crippen LogP contribution in [0, 0.1) is 5.92 Å². The molecule has 0 radical (unpaired) electrons. The molecule has 1 saturated heterocycles. The van der Waals surface area contributed by atoms with Crippen molar-refractivity contribution in [2.45, 2.75) is 64.8 Å². The molecule has 2 amide bonds. The smallest absolute Gasteiger partial charge is 0.331 e. The number of hydrogen-bond acceptors (Lipinski definition) is 6. The number of hydrogen-bond donors (Lipinski definition) is 1. The summed E-state index contributed by atoms with van der Waals surface area (Å²) < 4.78 is 10.1. The fraction of sp³-hybridized carbons (Fsp3) is 0.615. The molecule has 1 unspecified atom stereocenters. The lowest BCUT2D eigenvalue weighted by molar-refractivity contribution is -0.159. The van der Waals surface area contributed by atoms with Crippen LogP contribution in [-0.2, 0) is 24.5 Å². The van der Waals surface area contributed by atoms with Gasteiger partial charge < -0.3 is 24.4 Å². The van der Waals surface area contributed by atoms with Crippen LogP contribution < -0.4 is 4.74 Å². The Morgan fingerprint density at radius 3 is 2.26 bits per heavy atom. The first-order chi connectivity index (χ1) is 16.3. The van der Waals surface area contributed by atoms with Gasteiger partial charge in [-0.05, 0) is 35.4 Å². The van der Waals surface area contributed by atoms with E-state index < -0.39 is 23.4 Å². The minimum Gasteiger partial charge on any atom is -0.496 e. The van der Waals surface area contributed by atoms with E-state index in [0.29, 0.717) is 11.3 Å². The van der Waals surface area contributed by atoms with Crippen molar-refractivity contribution in [3.05, 3.63) is 29.3 Å². The van der Waals surface area contributed by atoms with Gasteiger partial charge >= 0.3 is 11.9 Å². The maximum atomic E-state index is 13.7. The molecule has 194 valence electrons. The molecular formula is C26H38N2O7. The van der Waals surface area contributed by atoms with Crippen LogP contribution in [-0.4, -0.2) is 78.1 Å². The molecule has 0 aliphatic carbocycles. The van der Waals surface area contributed by atoms with Gasteiger partial charge in [0.25, 0.3) is 5.91 Å². The van der Waals surface area contributed by atoms with Crippen molar-refractivity contribution < 1.29 is 33.8 Å². The van der Waals surface area contributed by atoms with Gasteiger partial charge in [0.2, 0.25) is 5.91 Å². The van der Waals surface area contributed by atoms with Crippen molar-refractivity contribution in [1.82, 2.24) is 9.80 Å². The Bertz CT molecular complexity index is 967. The Labute approximate surface area is 207 Å². The third-order valence-corrected chi connectivity index (χ3v) is 6.33. The Morgan fingerprint density at radius 1 is 1.09 bits per heavy atom. The largest absolute Gasteiger partial charge is 0.496 e. The third kappa shape index (κ3) is 6.32. The van der Waals surface area contributed by atoms with E-state index in [9.17, 15) is 24.3 Å². The standard InChI is InChI=1S/C26H38N2O7/c1-17(2)15-26(24(32)33)16-27(21(29)10-11-22(30)35-7)12-13-28(26)23(31)18-8-9-19(25(3,4)5)20(14-18)34-6/h8-9,14,17H,10-13,15-16H2,1-7H3,(H,32,33). The average Bonchev–Trinajstić information content (AvgIpc) is 2.80. The molecule has 1 aliphatic heterocycles. The monoisotopic (exact) mass is 490 g/mol. The molecule has 1 aliphatic rings. The first kappa shape index (κ1) is 28.1. The number of esters is 1. The van der Waals surface area contributed by atoms with Crippen LogP contribution in [0.3, 0.4) is 0 Å². The Morgan fingerprint density at radius 2 is 1.74 bits per heavy atom. The average molecular weight is 491 g/mol. The summed E-state index contributed by atoms with van der Waals surface area (Å²) in [7, 11) is 2.79. The van der Waals surface area contributed by atoms with Crippen molar-refractivity contribution in [1.29, 1.82) is 0 Å². The summed E-state index contributed by atoms with van der Waals surface area (Å²) in [6.07, 6.45) is 0.00811. The van der Waals surface area contributed by atoms with Gasteiger partial charge in [-0.15, -0.1) is 0 Å². The summed E-state index contributed by atoms with van der Waals surface area (Å²) >= 11 is 0. The zero-order valence-corrected chi connectivity index (χ0v) is 21.8. The zero-order chi connectivity index (χ0) is 26.6. The van der Waals surface area contributed by atoms with Crippen molar-refractivity contribution in [3.63, 3.8) is 0 Å². The molecule has 1 aromatic rings. The number of carbonyl (C=O) groups is 4. The van der Waals surface area contributed by atoms with E-state index in [-0.39, 0.29) is 56.1 Å². The lowest BCUT2D eigenvalue weighted by Crippen LogP contribution is -2.68. The van der Waals surface area contributed by atoms with E-state index in [1.807, 2.05) is 40.7 Å². The summed E-state index contributed by atoms with van der Waals surface area (Å²) in [6.45, 7) is 9.98. The minimum atomic E-state index is -1.60. The van der Waals surface area contributed by atoms with Crippen molar-refractivity contribution in [2.75, 3.05) is 33.9 Å². The first-order valence-electron chi connectivity index (χ1n) is 11.8. The van der Waals surface area contributed by atoms with E-state index >= 15 is 0 Å².